The van der Waals surface area contributed by atoms with Crippen LogP contribution in [0.3, 0.4) is 0 Å². The van der Waals surface area contributed by atoms with Crippen molar-refractivity contribution >= 4 is 11.8 Å². The molecule has 22 heavy (non-hydrogen) atoms. The zero-order chi connectivity index (χ0) is 15.5. The van der Waals surface area contributed by atoms with Crippen molar-refractivity contribution in [3.63, 3.8) is 0 Å². The van der Waals surface area contributed by atoms with Crippen LogP contribution in [0.15, 0.2) is 42.5 Å². The Morgan fingerprint density at radius 2 is 1.82 bits per heavy atom. The van der Waals surface area contributed by atoms with Gasteiger partial charge in [-0.05, 0) is 55.0 Å². The van der Waals surface area contributed by atoms with Crippen LogP contribution in [0, 0.1) is 6.92 Å². The van der Waals surface area contributed by atoms with Crippen LogP contribution in [0.4, 0.5) is 0 Å². The Bertz CT molecular complexity index is 731. The molecule has 0 aliphatic heterocycles. The molecule has 2 aromatic carbocycles. The van der Waals surface area contributed by atoms with Gasteiger partial charge in [-0.15, -0.1) is 0 Å². The van der Waals surface area contributed by atoms with Crippen LogP contribution in [-0.2, 0) is 17.6 Å². The molecular weight excluding hydrogens is 276 g/mol. The van der Waals surface area contributed by atoms with E-state index in [0.717, 1.165) is 24.8 Å². The number of esters is 1. The summed E-state index contributed by atoms with van der Waals surface area (Å²) in [5.41, 5.74) is 4.55. The average molecular weight is 294 g/mol. The van der Waals surface area contributed by atoms with Gasteiger partial charge >= 0.3 is 5.97 Å². The van der Waals surface area contributed by atoms with E-state index in [1.807, 2.05) is 37.3 Å². The van der Waals surface area contributed by atoms with Gasteiger partial charge in [0.2, 0.25) is 0 Å². The molecule has 0 unspecified atom stereocenters. The van der Waals surface area contributed by atoms with Crippen LogP contribution in [-0.4, -0.2) is 18.4 Å². The van der Waals surface area contributed by atoms with Gasteiger partial charge in [0, 0.05) is 5.56 Å². The van der Waals surface area contributed by atoms with E-state index >= 15 is 0 Å². The minimum Gasteiger partial charge on any atom is -0.454 e. The molecule has 1 aliphatic rings. The Balaban J connectivity index is 1.65. The maximum atomic E-state index is 12.2. The van der Waals surface area contributed by atoms with Crippen molar-refractivity contribution in [2.75, 3.05) is 6.61 Å². The molecule has 3 nitrogen and oxygen atoms in total. The van der Waals surface area contributed by atoms with E-state index in [0.29, 0.717) is 11.1 Å². The second kappa shape index (κ2) is 6.14. The maximum Gasteiger partial charge on any atom is 0.338 e. The monoisotopic (exact) mass is 294 g/mol. The molecule has 112 valence electrons. The number of ketones is 1. The van der Waals surface area contributed by atoms with Gasteiger partial charge in [0.05, 0.1) is 5.56 Å². The summed E-state index contributed by atoms with van der Waals surface area (Å²) in [5, 5.41) is 0. The summed E-state index contributed by atoms with van der Waals surface area (Å²) < 4.78 is 5.16. The summed E-state index contributed by atoms with van der Waals surface area (Å²) in [6, 6.07) is 13.0. The van der Waals surface area contributed by atoms with E-state index in [4.69, 9.17) is 4.74 Å². The van der Waals surface area contributed by atoms with E-state index in [2.05, 4.69) is 0 Å². The molecule has 0 saturated carbocycles. The highest BCUT2D eigenvalue weighted by Gasteiger charge is 2.16. The summed E-state index contributed by atoms with van der Waals surface area (Å²) in [4.78, 5) is 24.2. The molecule has 0 saturated heterocycles. The number of aryl methyl sites for hydroxylation is 3. The second-order valence-electron chi connectivity index (χ2n) is 5.65. The van der Waals surface area contributed by atoms with Crippen LogP contribution in [0.2, 0.25) is 0 Å². The zero-order valence-electron chi connectivity index (χ0n) is 12.6. The van der Waals surface area contributed by atoms with Crippen molar-refractivity contribution in [3.05, 3.63) is 70.3 Å². The normalized spacial score (nSPS) is 12.8. The predicted molar refractivity (Wildman–Crippen MR) is 84.3 cm³/mol. The molecule has 0 N–H and O–H groups in total. The second-order valence-corrected chi connectivity index (χ2v) is 5.65. The molecule has 0 radical (unpaired) electrons. The van der Waals surface area contributed by atoms with Crippen LogP contribution in [0.5, 0.6) is 0 Å². The number of hydrogen-bond acceptors (Lipinski definition) is 3. The van der Waals surface area contributed by atoms with Gasteiger partial charge in [-0.3, -0.25) is 4.79 Å². The van der Waals surface area contributed by atoms with Crippen molar-refractivity contribution in [2.24, 2.45) is 0 Å². The summed E-state index contributed by atoms with van der Waals surface area (Å²) in [5.74, 6) is -0.607. The number of fused-ring (bicyclic) bond motifs is 1. The van der Waals surface area contributed by atoms with E-state index in [1.165, 1.54) is 11.1 Å². The number of Topliss-reactive ketones (excluding diaryl/α,β-unsaturated/α-hetero) is 1. The molecule has 0 spiro atoms. The molecule has 0 atom stereocenters. The van der Waals surface area contributed by atoms with Crippen molar-refractivity contribution in [1.82, 2.24) is 0 Å². The summed E-state index contributed by atoms with van der Waals surface area (Å²) in [7, 11) is 0. The van der Waals surface area contributed by atoms with E-state index in [-0.39, 0.29) is 12.4 Å². The standard InChI is InChI=1S/C19H18O3/c1-13-5-2-3-8-17(13)19(21)22-12-18(20)16-10-9-14-6-4-7-15(14)11-16/h2-3,5,8-11H,4,6-7,12H2,1H3. The minimum absolute atomic E-state index is 0.156. The highest BCUT2D eigenvalue weighted by Crippen LogP contribution is 2.23. The zero-order valence-corrected chi connectivity index (χ0v) is 12.6. The Morgan fingerprint density at radius 1 is 1.05 bits per heavy atom. The van der Waals surface area contributed by atoms with Gasteiger partial charge in [0.25, 0.3) is 0 Å². The third kappa shape index (κ3) is 2.93. The summed E-state index contributed by atoms with van der Waals surface area (Å²) >= 11 is 0. The highest BCUT2D eigenvalue weighted by atomic mass is 16.5. The molecule has 3 rings (SSSR count). The lowest BCUT2D eigenvalue weighted by molar-refractivity contribution is 0.0474. The smallest absolute Gasteiger partial charge is 0.338 e. The van der Waals surface area contributed by atoms with Gasteiger partial charge in [-0.1, -0.05) is 30.3 Å². The number of carbonyl (C=O) groups excluding carboxylic acids is 2. The van der Waals surface area contributed by atoms with Crippen molar-refractivity contribution in [2.45, 2.75) is 26.2 Å². The summed E-state index contributed by atoms with van der Waals surface area (Å²) in [6.07, 6.45) is 3.26. The average Bonchev–Trinajstić information content (AvgIpc) is 3.00. The van der Waals surface area contributed by atoms with Crippen molar-refractivity contribution < 1.29 is 14.3 Å². The lowest BCUT2D eigenvalue weighted by Gasteiger charge is -2.07. The first-order valence-corrected chi connectivity index (χ1v) is 7.53. The Hall–Kier alpha value is -2.42. The number of rotatable bonds is 4. The van der Waals surface area contributed by atoms with Crippen LogP contribution in [0.25, 0.3) is 0 Å². The lowest BCUT2D eigenvalue weighted by atomic mass is 10.0. The van der Waals surface area contributed by atoms with Gasteiger partial charge in [-0.2, -0.15) is 0 Å². The Morgan fingerprint density at radius 3 is 2.64 bits per heavy atom. The van der Waals surface area contributed by atoms with Crippen LogP contribution in [0.1, 0.15) is 43.8 Å². The fourth-order valence-corrected chi connectivity index (χ4v) is 2.84. The molecule has 2 aromatic rings. The van der Waals surface area contributed by atoms with Gasteiger partial charge in [0.15, 0.2) is 12.4 Å². The number of benzene rings is 2. The molecule has 0 bridgehead atoms. The highest BCUT2D eigenvalue weighted by molar-refractivity contribution is 5.99. The lowest BCUT2D eigenvalue weighted by Crippen LogP contribution is -2.15. The minimum atomic E-state index is -0.451. The number of carbonyl (C=O) groups is 2. The fourth-order valence-electron chi connectivity index (χ4n) is 2.84. The molecular formula is C19H18O3. The first-order valence-electron chi connectivity index (χ1n) is 7.53. The molecule has 0 heterocycles. The molecule has 0 aromatic heterocycles. The quantitative estimate of drug-likeness (QED) is 0.640. The SMILES string of the molecule is Cc1ccccc1C(=O)OCC(=O)c1ccc2c(c1)CCC2. The maximum absolute atomic E-state index is 12.2. The fraction of sp³-hybridized carbons (Fsp3) is 0.263. The molecule has 0 amide bonds. The predicted octanol–water partition coefficient (Wildman–Crippen LogP) is 3.52. The molecule has 0 fully saturated rings. The van der Waals surface area contributed by atoms with Crippen molar-refractivity contribution in [1.29, 1.82) is 0 Å². The number of ether oxygens (including phenoxy) is 1. The Labute approximate surface area is 129 Å². The Kier molecular flexibility index (Phi) is 4.05. The van der Waals surface area contributed by atoms with Gasteiger partial charge in [-0.25, -0.2) is 4.79 Å². The molecule has 1 aliphatic carbocycles. The van der Waals surface area contributed by atoms with Crippen LogP contribution >= 0.6 is 0 Å². The third-order valence-corrected chi connectivity index (χ3v) is 4.12. The summed E-state index contributed by atoms with van der Waals surface area (Å²) in [6.45, 7) is 1.63. The van der Waals surface area contributed by atoms with Gasteiger partial charge < -0.3 is 4.74 Å². The third-order valence-electron chi connectivity index (χ3n) is 4.12. The molecule has 3 heteroatoms. The van der Waals surface area contributed by atoms with E-state index < -0.39 is 5.97 Å². The van der Waals surface area contributed by atoms with Crippen LogP contribution < -0.4 is 0 Å². The first kappa shape index (κ1) is 14.5. The first-order chi connectivity index (χ1) is 10.6. The van der Waals surface area contributed by atoms with Crippen molar-refractivity contribution in [3.8, 4) is 0 Å². The largest absolute Gasteiger partial charge is 0.454 e. The van der Waals surface area contributed by atoms with Gasteiger partial charge in [0.1, 0.15) is 0 Å². The number of hydrogen-bond donors (Lipinski definition) is 0. The van der Waals surface area contributed by atoms with E-state index in [1.54, 1.807) is 12.1 Å². The van der Waals surface area contributed by atoms with E-state index in [9.17, 15) is 9.59 Å². The topological polar surface area (TPSA) is 43.4 Å².